The Labute approximate surface area is 328 Å². The normalized spacial score (nSPS) is 11.9. The highest BCUT2D eigenvalue weighted by Crippen LogP contribution is 2.40. The van der Waals surface area contributed by atoms with Crippen LogP contribution < -0.4 is 0 Å². The number of hydrogen-bond donors (Lipinski definition) is 1. The van der Waals surface area contributed by atoms with Crippen LogP contribution in [0.3, 0.4) is 0 Å². The van der Waals surface area contributed by atoms with Crippen LogP contribution in [0.1, 0.15) is 0 Å². The van der Waals surface area contributed by atoms with Crippen molar-refractivity contribution in [1.29, 1.82) is 0 Å². The lowest BCUT2D eigenvalue weighted by atomic mass is 9.96. The van der Waals surface area contributed by atoms with Crippen molar-refractivity contribution in [2.75, 3.05) is 0 Å². The van der Waals surface area contributed by atoms with Gasteiger partial charge in [0, 0.05) is 49.0 Å². The lowest BCUT2D eigenvalue weighted by Crippen LogP contribution is -1.93. The van der Waals surface area contributed by atoms with Crippen LogP contribution in [-0.4, -0.2) is 9.55 Å². The number of benzene rings is 9. The average molecular weight is 727 g/mol. The number of para-hydroxylation sites is 1. The lowest BCUT2D eigenvalue weighted by Gasteiger charge is -2.10. The Bertz CT molecular complexity index is 3510. The van der Waals surface area contributed by atoms with Gasteiger partial charge >= 0.3 is 0 Å². The molecule has 0 amide bonds. The van der Waals surface area contributed by atoms with Gasteiger partial charge in [-0.3, -0.25) is 0 Å². The van der Waals surface area contributed by atoms with E-state index in [1.54, 1.807) is 0 Å². The van der Waals surface area contributed by atoms with Crippen molar-refractivity contribution in [3.8, 4) is 50.2 Å². The highest BCUT2D eigenvalue weighted by atomic mass is 16.3. The minimum atomic E-state index is 0.898. The standard InChI is InChI=1S/C54H34N2O/c1-3-10-34(11-4-1)38-18-23-49-44(29-38)45-30-40(19-24-50(45)55-49)36-14-9-15-37(28-36)41-21-26-52-47(32-41)46-31-39(35-12-5-2-6-13-35)20-25-51(46)56(52)42-22-27-54-48(33-42)43-16-7-8-17-53(43)57-54/h1-33,55H. The van der Waals surface area contributed by atoms with Crippen molar-refractivity contribution < 1.29 is 4.42 Å². The van der Waals surface area contributed by atoms with Gasteiger partial charge in [0.2, 0.25) is 0 Å². The fourth-order valence-corrected chi connectivity index (χ4v) is 8.91. The number of nitrogens with zero attached hydrogens (tertiary/aromatic N) is 1. The fraction of sp³-hybridized carbons (Fsp3) is 0. The Balaban J connectivity index is 1.00. The van der Waals surface area contributed by atoms with Gasteiger partial charge in [-0.15, -0.1) is 0 Å². The van der Waals surface area contributed by atoms with Gasteiger partial charge in [-0.25, -0.2) is 0 Å². The van der Waals surface area contributed by atoms with Crippen molar-refractivity contribution in [2.45, 2.75) is 0 Å². The van der Waals surface area contributed by atoms with Crippen LogP contribution in [0.2, 0.25) is 0 Å². The quantitative estimate of drug-likeness (QED) is 0.188. The molecule has 12 rings (SSSR count). The Morgan fingerprint density at radius 3 is 1.39 bits per heavy atom. The molecule has 12 aromatic rings. The first kappa shape index (κ1) is 31.7. The van der Waals surface area contributed by atoms with Crippen molar-refractivity contribution in [2.24, 2.45) is 0 Å². The second-order valence-electron chi connectivity index (χ2n) is 15.0. The minimum Gasteiger partial charge on any atom is -0.456 e. The molecule has 0 radical (unpaired) electrons. The summed E-state index contributed by atoms with van der Waals surface area (Å²) in [5.74, 6) is 0. The van der Waals surface area contributed by atoms with E-state index in [0.717, 1.165) is 38.7 Å². The predicted molar refractivity (Wildman–Crippen MR) is 239 cm³/mol. The monoisotopic (exact) mass is 726 g/mol. The topological polar surface area (TPSA) is 33.9 Å². The minimum absolute atomic E-state index is 0.898. The number of fused-ring (bicyclic) bond motifs is 9. The zero-order valence-electron chi connectivity index (χ0n) is 30.9. The van der Waals surface area contributed by atoms with E-state index >= 15 is 0 Å². The molecular weight excluding hydrogens is 693 g/mol. The summed E-state index contributed by atoms with van der Waals surface area (Å²) in [5, 5.41) is 7.16. The van der Waals surface area contributed by atoms with E-state index < -0.39 is 0 Å². The number of aromatic nitrogens is 2. The zero-order valence-corrected chi connectivity index (χ0v) is 30.9. The number of rotatable bonds is 5. The molecule has 1 N–H and O–H groups in total. The average Bonchev–Trinajstić information content (AvgIpc) is 3.95. The molecule has 0 bridgehead atoms. The summed E-state index contributed by atoms with van der Waals surface area (Å²) < 4.78 is 8.62. The van der Waals surface area contributed by atoms with Crippen LogP contribution in [0.25, 0.3) is 116 Å². The van der Waals surface area contributed by atoms with Gasteiger partial charge in [0.15, 0.2) is 0 Å². The first-order valence-corrected chi connectivity index (χ1v) is 19.5. The molecule has 0 fully saturated rings. The summed E-state index contributed by atoms with van der Waals surface area (Å²) in [6.45, 7) is 0. The fourth-order valence-electron chi connectivity index (χ4n) is 8.91. The third-order valence-corrected chi connectivity index (χ3v) is 11.7. The molecule has 3 heterocycles. The Morgan fingerprint density at radius 2 is 0.772 bits per heavy atom. The first-order valence-electron chi connectivity index (χ1n) is 19.5. The van der Waals surface area contributed by atoms with Crippen molar-refractivity contribution >= 4 is 65.6 Å². The molecule has 9 aromatic carbocycles. The Kier molecular flexibility index (Phi) is 6.93. The van der Waals surface area contributed by atoms with Crippen LogP contribution in [0.5, 0.6) is 0 Å². The second kappa shape index (κ2) is 12.5. The molecule has 57 heavy (non-hydrogen) atoms. The van der Waals surface area contributed by atoms with Crippen molar-refractivity contribution in [3.63, 3.8) is 0 Å². The summed E-state index contributed by atoms with van der Waals surface area (Å²) in [6, 6.07) is 72.4. The number of aromatic amines is 1. The van der Waals surface area contributed by atoms with E-state index in [2.05, 4.69) is 198 Å². The van der Waals surface area contributed by atoms with Gasteiger partial charge in [0.25, 0.3) is 0 Å². The van der Waals surface area contributed by atoms with E-state index in [9.17, 15) is 0 Å². The lowest BCUT2D eigenvalue weighted by molar-refractivity contribution is 0.669. The molecular formula is C54H34N2O. The maximum absolute atomic E-state index is 6.22. The molecule has 0 aliphatic heterocycles. The van der Waals surface area contributed by atoms with E-state index in [-0.39, 0.29) is 0 Å². The van der Waals surface area contributed by atoms with Crippen LogP contribution >= 0.6 is 0 Å². The first-order chi connectivity index (χ1) is 28.2. The van der Waals surface area contributed by atoms with Gasteiger partial charge in [-0.05, 0) is 123 Å². The number of hydrogen-bond acceptors (Lipinski definition) is 1. The van der Waals surface area contributed by atoms with Gasteiger partial charge in [-0.2, -0.15) is 0 Å². The Hall–Kier alpha value is -7.62. The van der Waals surface area contributed by atoms with Crippen LogP contribution in [0, 0.1) is 0 Å². The molecule has 0 saturated heterocycles. The molecule has 3 nitrogen and oxygen atoms in total. The summed E-state index contributed by atoms with van der Waals surface area (Å²) >= 11 is 0. The summed E-state index contributed by atoms with van der Waals surface area (Å²) in [5.41, 5.74) is 17.2. The highest BCUT2D eigenvalue weighted by Gasteiger charge is 2.17. The number of furan rings is 1. The largest absolute Gasteiger partial charge is 0.456 e. The molecule has 0 saturated carbocycles. The molecule has 0 atom stereocenters. The van der Waals surface area contributed by atoms with Crippen molar-refractivity contribution in [3.05, 3.63) is 200 Å². The highest BCUT2D eigenvalue weighted by molar-refractivity contribution is 6.13. The SMILES string of the molecule is c1ccc(-c2ccc3[nH]c4ccc(-c5cccc(-c6ccc7c(c6)c6cc(-c8ccccc8)ccc6n7-c6ccc7oc8ccccc8c7c6)c5)cc4c3c2)cc1. The van der Waals surface area contributed by atoms with E-state index in [0.29, 0.717) is 0 Å². The predicted octanol–water partition coefficient (Wildman–Crippen LogP) is 15.0. The molecule has 0 spiro atoms. The molecule has 3 heteroatoms. The number of H-pyrrole nitrogens is 1. The zero-order chi connectivity index (χ0) is 37.5. The van der Waals surface area contributed by atoms with Crippen molar-refractivity contribution in [1.82, 2.24) is 9.55 Å². The molecule has 3 aromatic heterocycles. The molecule has 0 aliphatic carbocycles. The molecule has 266 valence electrons. The maximum atomic E-state index is 6.22. The third kappa shape index (κ3) is 5.13. The van der Waals surface area contributed by atoms with Gasteiger partial charge in [-0.1, -0.05) is 121 Å². The van der Waals surface area contributed by atoms with E-state index in [4.69, 9.17) is 4.42 Å². The summed E-state index contributed by atoms with van der Waals surface area (Å²) in [6.07, 6.45) is 0. The van der Waals surface area contributed by atoms with E-state index in [1.807, 2.05) is 12.1 Å². The van der Waals surface area contributed by atoms with Gasteiger partial charge in [0.1, 0.15) is 11.2 Å². The van der Waals surface area contributed by atoms with Crippen LogP contribution in [0.4, 0.5) is 0 Å². The Morgan fingerprint density at radius 1 is 0.298 bits per heavy atom. The smallest absolute Gasteiger partial charge is 0.135 e. The summed E-state index contributed by atoms with van der Waals surface area (Å²) in [4.78, 5) is 3.64. The van der Waals surface area contributed by atoms with Crippen LogP contribution in [-0.2, 0) is 0 Å². The second-order valence-corrected chi connectivity index (χ2v) is 15.0. The van der Waals surface area contributed by atoms with E-state index in [1.165, 1.54) is 77.1 Å². The number of nitrogens with one attached hydrogen (secondary N) is 1. The van der Waals surface area contributed by atoms with Gasteiger partial charge < -0.3 is 14.0 Å². The third-order valence-electron chi connectivity index (χ3n) is 11.7. The molecule has 0 aliphatic rings. The van der Waals surface area contributed by atoms with Gasteiger partial charge in [0.05, 0.1) is 11.0 Å². The van der Waals surface area contributed by atoms with Crippen LogP contribution in [0.15, 0.2) is 205 Å². The summed E-state index contributed by atoms with van der Waals surface area (Å²) in [7, 11) is 0. The molecule has 0 unspecified atom stereocenters. The maximum Gasteiger partial charge on any atom is 0.135 e.